The van der Waals surface area contributed by atoms with Gasteiger partial charge in [-0.3, -0.25) is 4.90 Å². The molecule has 3 aromatic carbocycles. The fourth-order valence-electron chi connectivity index (χ4n) is 5.42. The summed E-state index contributed by atoms with van der Waals surface area (Å²) in [7, 11) is 1.75. The number of fused-ring (bicyclic) bond motifs is 2. The van der Waals surface area contributed by atoms with Crippen LogP contribution in [-0.4, -0.2) is 49.1 Å². The summed E-state index contributed by atoms with van der Waals surface area (Å²) in [5.41, 5.74) is 4.43. The van der Waals surface area contributed by atoms with Crippen molar-refractivity contribution in [3.63, 3.8) is 0 Å². The summed E-state index contributed by atoms with van der Waals surface area (Å²) in [6.07, 6.45) is 2.75. The summed E-state index contributed by atoms with van der Waals surface area (Å²) in [6.45, 7) is 5.99. The molecule has 0 atom stereocenters. The zero-order valence-corrected chi connectivity index (χ0v) is 21.4. The van der Waals surface area contributed by atoms with Crippen LogP contribution in [0.15, 0.2) is 66.7 Å². The second-order valence-electron chi connectivity index (χ2n) is 10.1. The summed E-state index contributed by atoms with van der Waals surface area (Å²) >= 11 is 0. The van der Waals surface area contributed by atoms with Gasteiger partial charge in [0.2, 0.25) is 0 Å². The van der Waals surface area contributed by atoms with Crippen molar-refractivity contribution < 1.29 is 18.3 Å². The number of halogens is 2. The van der Waals surface area contributed by atoms with E-state index >= 15 is 0 Å². The first-order valence-corrected chi connectivity index (χ1v) is 12.9. The number of carbonyl (C=O) groups excluding carboxylic acids is 1. The summed E-state index contributed by atoms with van der Waals surface area (Å²) in [5, 5.41) is 0. The van der Waals surface area contributed by atoms with E-state index in [1.165, 1.54) is 22.1 Å². The fourth-order valence-corrected chi connectivity index (χ4v) is 5.42. The summed E-state index contributed by atoms with van der Waals surface area (Å²) in [5.74, 6) is -1.93. The Morgan fingerprint density at radius 1 is 0.973 bits per heavy atom. The van der Waals surface area contributed by atoms with Crippen molar-refractivity contribution in [1.29, 1.82) is 0 Å². The monoisotopic (exact) mass is 505 g/mol. The first kappa shape index (κ1) is 25.4. The Hall–Kier alpha value is -3.29. The molecular formula is C30H33F2N3O2. The van der Waals surface area contributed by atoms with E-state index in [2.05, 4.69) is 29.2 Å². The van der Waals surface area contributed by atoms with Crippen LogP contribution in [-0.2, 0) is 16.9 Å². The molecule has 1 fully saturated rings. The van der Waals surface area contributed by atoms with Gasteiger partial charge in [-0.15, -0.1) is 0 Å². The number of hydrogen-bond donors (Lipinski definition) is 0. The maximum absolute atomic E-state index is 14.0. The molecule has 2 aliphatic rings. The van der Waals surface area contributed by atoms with Gasteiger partial charge >= 0.3 is 6.03 Å². The minimum atomic E-state index is -0.984. The van der Waals surface area contributed by atoms with Crippen molar-refractivity contribution in [3.05, 3.63) is 95.1 Å². The molecule has 5 rings (SSSR count). The van der Waals surface area contributed by atoms with E-state index in [0.29, 0.717) is 18.8 Å². The van der Waals surface area contributed by atoms with Gasteiger partial charge in [0.25, 0.3) is 0 Å². The van der Waals surface area contributed by atoms with Crippen molar-refractivity contribution in [2.75, 3.05) is 38.1 Å². The van der Waals surface area contributed by atoms with Crippen molar-refractivity contribution in [1.82, 2.24) is 9.80 Å². The van der Waals surface area contributed by atoms with Gasteiger partial charge in [-0.25, -0.2) is 13.6 Å². The molecule has 0 N–H and O–H groups in total. The fraction of sp³-hybridized carbons (Fsp3) is 0.367. The van der Waals surface area contributed by atoms with Crippen molar-refractivity contribution in [2.45, 2.75) is 38.4 Å². The van der Waals surface area contributed by atoms with Crippen LogP contribution in [0.1, 0.15) is 36.0 Å². The van der Waals surface area contributed by atoms with Crippen LogP contribution in [0, 0.1) is 18.6 Å². The average Bonchev–Trinajstić information content (AvgIpc) is 3.26. The number of likely N-dealkylation sites (tertiary alicyclic amines) is 1. The number of amides is 2. The molecule has 0 aromatic heterocycles. The first-order valence-electron chi connectivity index (χ1n) is 12.9. The van der Waals surface area contributed by atoms with Gasteiger partial charge in [0.1, 0.15) is 0 Å². The van der Waals surface area contributed by atoms with Crippen molar-refractivity contribution in [3.8, 4) is 0 Å². The minimum absolute atomic E-state index is 0.154. The Morgan fingerprint density at radius 2 is 1.68 bits per heavy atom. The number of anilines is 2. The Morgan fingerprint density at radius 3 is 2.41 bits per heavy atom. The van der Waals surface area contributed by atoms with Crippen molar-refractivity contribution in [2.24, 2.45) is 0 Å². The van der Waals surface area contributed by atoms with Crippen molar-refractivity contribution >= 4 is 17.4 Å². The predicted octanol–water partition coefficient (Wildman–Crippen LogP) is 6.37. The lowest BCUT2D eigenvalue weighted by molar-refractivity contribution is -0.0788. The van der Waals surface area contributed by atoms with Gasteiger partial charge in [0, 0.05) is 32.7 Å². The topological polar surface area (TPSA) is 36.0 Å². The van der Waals surface area contributed by atoms with E-state index < -0.39 is 11.6 Å². The maximum atomic E-state index is 14.0. The Balaban J connectivity index is 1.20. The summed E-state index contributed by atoms with van der Waals surface area (Å²) < 4.78 is 33.9. The van der Waals surface area contributed by atoms with Crippen LogP contribution < -0.4 is 4.90 Å². The van der Waals surface area contributed by atoms with Crippen LogP contribution in [0.5, 0.6) is 0 Å². The van der Waals surface area contributed by atoms with E-state index in [1.807, 2.05) is 31.2 Å². The second-order valence-corrected chi connectivity index (χ2v) is 10.1. The molecule has 194 valence electrons. The summed E-state index contributed by atoms with van der Waals surface area (Å²) in [6, 6.07) is 19.2. The van der Waals surface area contributed by atoms with Crippen LogP contribution in [0.4, 0.5) is 25.0 Å². The highest BCUT2D eigenvalue weighted by Gasteiger charge is 2.42. The number of ether oxygens (including phenoxy) is 1. The molecule has 5 nitrogen and oxygen atoms in total. The molecule has 3 aromatic rings. The van der Waals surface area contributed by atoms with E-state index in [1.54, 1.807) is 11.9 Å². The highest BCUT2D eigenvalue weighted by molar-refractivity contribution is 5.99. The standard InChI is InChI=1S/C30H33F2N3O2/c1-22-8-10-24(11-9-22)35(25-12-13-27(31)28(32)20-25)29(36)33(2)16-5-17-34-18-14-30(15-19-34)26-7-4-3-6-23(26)21-37-30/h3-4,6-13,20H,5,14-19,21H2,1-2H3. The number of carbonyl (C=O) groups is 1. The third-order valence-electron chi connectivity index (χ3n) is 7.62. The molecule has 2 amide bonds. The molecule has 0 bridgehead atoms. The van der Waals surface area contributed by atoms with Crippen LogP contribution >= 0.6 is 0 Å². The molecule has 1 saturated heterocycles. The number of nitrogens with zero attached hydrogens (tertiary/aromatic N) is 3. The van der Waals surface area contributed by atoms with Crippen LogP contribution in [0.3, 0.4) is 0 Å². The van der Waals surface area contributed by atoms with E-state index in [9.17, 15) is 13.6 Å². The smallest absolute Gasteiger partial charge is 0.328 e. The predicted molar refractivity (Wildman–Crippen MR) is 141 cm³/mol. The number of rotatable bonds is 6. The van der Waals surface area contributed by atoms with Gasteiger partial charge in [-0.05, 0) is 68.1 Å². The highest BCUT2D eigenvalue weighted by atomic mass is 19.2. The zero-order chi connectivity index (χ0) is 26.0. The lowest BCUT2D eigenvalue weighted by Gasteiger charge is -2.39. The number of hydrogen-bond acceptors (Lipinski definition) is 3. The third kappa shape index (κ3) is 5.24. The molecule has 0 saturated carbocycles. The Bertz CT molecular complexity index is 1260. The number of piperidine rings is 1. The van der Waals surface area contributed by atoms with Crippen LogP contribution in [0.2, 0.25) is 0 Å². The SMILES string of the molecule is Cc1ccc(N(C(=O)N(C)CCCN2CCC3(CC2)OCc2ccccc23)c2ccc(F)c(F)c2)cc1. The molecule has 7 heteroatoms. The van der Waals surface area contributed by atoms with Gasteiger partial charge in [0.05, 0.1) is 23.6 Å². The van der Waals surface area contributed by atoms with Gasteiger partial charge in [0.15, 0.2) is 11.6 Å². The molecule has 2 aliphatic heterocycles. The third-order valence-corrected chi connectivity index (χ3v) is 7.62. The molecular weight excluding hydrogens is 472 g/mol. The Kier molecular flexibility index (Phi) is 7.26. The average molecular weight is 506 g/mol. The highest BCUT2D eigenvalue weighted by Crippen LogP contribution is 2.44. The number of urea groups is 1. The lowest BCUT2D eigenvalue weighted by Crippen LogP contribution is -2.44. The molecule has 0 radical (unpaired) electrons. The summed E-state index contributed by atoms with van der Waals surface area (Å²) in [4.78, 5) is 19.0. The second kappa shape index (κ2) is 10.6. The normalized spacial score (nSPS) is 16.5. The first-order chi connectivity index (χ1) is 17.9. The zero-order valence-electron chi connectivity index (χ0n) is 21.4. The molecule has 0 unspecified atom stereocenters. The number of aryl methyl sites for hydroxylation is 1. The van der Waals surface area contributed by atoms with E-state index in [4.69, 9.17) is 4.74 Å². The Labute approximate surface area is 217 Å². The van der Waals surface area contributed by atoms with Gasteiger partial charge in [-0.2, -0.15) is 0 Å². The number of benzene rings is 3. The van der Waals surface area contributed by atoms with Crippen LogP contribution in [0.25, 0.3) is 0 Å². The van der Waals surface area contributed by atoms with Gasteiger partial charge < -0.3 is 14.5 Å². The largest absolute Gasteiger partial charge is 0.365 e. The lowest BCUT2D eigenvalue weighted by atomic mass is 9.84. The van der Waals surface area contributed by atoms with Gasteiger partial charge in [-0.1, -0.05) is 42.0 Å². The minimum Gasteiger partial charge on any atom is -0.365 e. The molecule has 37 heavy (non-hydrogen) atoms. The quantitative estimate of drug-likeness (QED) is 0.390. The molecule has 2 heterocycles. The molecule has 1 spiro atoms. The maximum Gasteiger partial charge on any atom is 0.328 e. The van der Waals surface area contributed by atoms with E-state index in [-0.39, 0.29) is 17.3 Å². The molecule has 0 aliphatic carbocycles. The van der Waals surface area contributed by atoms with E-state index in [0.717, 1.165) is 56.6 Å².